The number of aromatic nitrogens is 1. The van der Waals surface area contributed by atoms with Gasteiger partial charge in [0.25, 0.3) is 0 Å². The number of H-pyrrole nitrogens is 1. The second-order valence-electron chi connectivity index (χ2n) is 2.65. The smallest absolute Gasteiger partial charge is 0.248 e. The highest BCUT2D eigenvalue weighted by atomic mass is 32.2. The molecule has 0 unspecified atom stereocenters. The molecule has 0 spiro atoms. The second kappa shape index (κ2) is 2.74. The molecular weight excluding hydrogens is 158 g/mol. The summed E-state index contributed by atoms with van der Waals surface area (Å²) in [6, 6.07) is 1.71. The number of hydrogen-bond acceptors (Lipinski definition) is 2. The van der Waals surface area contributed by atoms with Crippen LogP contribution in [0.5, 0.6) is 0 Å². The monoisotopic (exact) mass is 167 g/mol. The van der Waals surface area contributed by atoms with E-state index < -0.39 is 0 Å². The molecule has 58 valence electrons. The van der Waals surface area contributed by atoms with Crippen LogP contribution < -0.4 is 5.56 Å². The van der Waals surface area contributed by atoms with Gasteiger partial charge in [-0.2, -0.15) is 11.8 Å². The van der Waals surface area contributed by atoms with Gasteiger partial charge in [-0.05, 0) is 23.3 Å². The summed E-state index contributed by atoms with van der Waals surface area (Å²) in [6.07, 6.45) is 2.94. The number of aryl methyl sites for hydroxylation is 1. The maximum absolute atomic E-state index is 10.9. The van der Waals surface area contributed by atoms with E-state index in [0.717, 1.165) is 12.2 Å². The molecule has 1 N–H and O–H groups in total. The average molecular weight is 167 g/mol. The summed E-state index contributed by atoms with van der Waals surface area (Å²) in [5.41, 5.74) is 2.54. The van der Waals surface area contributed by atoms with Crippen LogP contribution in [-0.2, 0) is 12.2 Å². The Morgan fingerprint density at radius 3 is 3.27 bits per heavy atom. The lowest BCUT2D eigenvalue weighted by molar-refractivity contribution is 1.03. The van der Waals surface area contributed by atoms with Crippen LogP contribution in [-0.4, -0.2) is 10.7 Å². The third-order valence-electron chi connectivity index (χ3n) is 1.88. The minimum atomic E-state index is 0.0197. The van der Waals surface area contributed by atoms with Gasteiger partial charge in [0.05, 0.1) is 0 Å². The zero-order valence-electron chi connectivity index (χ0n) is 6.09. The Hall–Kier alpha value is -0.700. The molecule has 0 atom stereocenters. The van der Waals surface area contributed by atoms with Crippen molar-refractivity contribution in [2.75, 3.05) is 5.75 Å². The summed E-state index contributed by atoms with van der Waals surface area (Å²) in [7, 11) is 0. The summed E-state index contributed by atoms with van der Waals surface area (Å²) in [5, 5.41) is 0. The van der Waals surface area contributed by atoms with Crippen molar-refractivity contribution < 1.29 is 0 Å². The van der Waals surface area contributed by atoms with Crippen LogP contribution in [0.1, 0.15) is 11.1 Å². The van der Waals surface area contributed by atoms with Crippen LogP contribution in [0.2, 0.25) is 0 Å². The van der Waals surface area contributed by atoms with Gasteiger partial charge in [-0.3, -0.25) is 4.79 Å². The fourth-order valence-electron chi connectivity index (χ4n) is 1.27. The highest BCUT2D eigenvalue weighted by Gasteiger charge is 2.08. The van der Waals surface area contributed by atoms with E-state index in [-0.39, 0.29) is 5.56 Å². The largest absolute Gasteiger partial charge is 0.329 e. The van der Waals surface area contributed by atoms with E-state index in [1.54, 1.807) is 6.07 Å². The van der Waals surface area contributed by atoms with Crippen LogP contribution in [0.3, 0.4) is 0 Å². The Morgan fingerprint density at radius 1 is 1.45 bits per heavy atom. The lowest BCUT2D eigenvalue weighted by atomic mass is 10.1. The van der Waals surface area contributed by atoms with Crippen molar-refractivity contribution in [2.24, 2.45) is 0 Å². The Balaban J connectivity index is 2.51. The molecular formula is C8H9NOS. The van der Waals surface area contributed by atoms with Gasteiger partial charge in [-0.1, -0.05) is 0 Å². The molecule has 0 aromatic carbocycles. The summed E-state index contributed by atoms with van der Waals surface area (Å²) in [4.78, 5) is 13.6. The van der Waals surface area contributed by atoms with Crippen LogP contribution in [0.4, 0.5) is 0 Å². The van der Waals surface area contributed by atoms with Crippen LogP contribution in [0, 0.1) is 0 Å². The maximum atomic E-state index is 10.9. The second-order valence-corrected chi connectivity index (χ2v) is 3.76. The number of pyridine rings is 1. The first kappa shape index (κ1) is 6.98. The van der Waals surface area contributed by atoms with Gasteiger partial charge >= 0.3 is 0 Å². The van der Waals surface area contributed by atoms with Gasteiger partial charge in [0.15, 0.2) is 0 Å². The van der Waals surface area contributed by atoms with E-state index in [9.17, 15) is 4.79 Å². The van der Waals surface area contributed by atoms with Gasteiger partial charge in [0.1, 0.15) is 0 Å². The van der Waals surface area contributed by atoms with E-state index in [2.05, 4.69) is 4.98 Å². The summed E-state index contributed by atoms with van der Waals surface area (Å²) in [6.45, 7) is 0. The standard InChI is InChI=1S/C8H9NOS/c10-8-3-7-5-11-2-1-6(7)4-9-8/h3-4H,1-2,5H2,(H,9,10). The van der Waals surface area contributed by atoms with Gasteiger partial charge in [-0.15, -0.1) is 0 Å². The first-order chi connectivity index (χ1) is 5.36. The van der Waals surface area contributed by atoms with Crippen molar-refractivity contribution in [2.45, 2.75) is 12.2 Å². The Bertz CT molecular complexity index is 318. The summed E-state index contributed by atoms with van der Waals surface area (Å²) >= 11 is 1.89. The summed E-state index contributed by atoms with van der Waals surface area (Å²) < 4.78 is 0. The molecule has 2 heterocycles. The lowest BCUT2D eigenvalue weighted by Crippen LogP contribution is -2.11. The van der Waals surface area contributed by atoms with E-state index in [1.165, 1.54) is 16.9 Å². The van der Waals surface area contributed by atoms with Crippen molar-refractivity contribution in [1.29, 1.82) is 0 Å². The molecule has 0 saturated carbocycles. The van der Waals surface area contributed by atoms with Crippen molar-refractivity contribution >= 4 is 11.8 Å². The fourth-order valence-corrected chi connectivity index (χ4v) is 2.27. The van der Waals surface area contributed by atoms with Gasteiger partial charge < -0.3 is 4.98 Å². The minimum Gasteiger partial charge on any atom is -0.329 e. The number of aromatic amines is 1. The van der Waals surface area contributed by atoms with E-state index in [0.29, 0.717) is 0 Å². The van der Waals surface area contributed by atoms with Crippen LogP contribution in [0.15, 0.2) is 17.1 Å². The molecule has 1 aliphatic rings. The lowest BCUT2D eigenvalue weighted by Gasteiger charge is -2.13. The number of fused-ring (bicyclic) bond motifs is 1. The molecule has 1 aromatic rings. The molecule has 3 heteroatoms. The highest BCUT2D eigenvalue weighted by molar-refractivity contribution is 7.98. The number of hydrogen-bond donors (Lipinski definition) is 1. The highest BCUT2D eigenvalue weighted by Crippen LogP contribution is 2.21. The topological polar surface area (TPSA) is 32.9 Å². The van der Waals surface area contributed by atoms with E-state index in [4.69, 9.17) is 0 Å². The SMILES string of the molecule is O=c1cc2c(c[nH]1)CCSC2. The van der Waals surface area contributed by atoms with Crippen LogP contribution in [0.25, 0.3) is 0 Å². The first-order valence-corrected chi connectivity index (χ1v) is 4.80. The first-order valence-electron chi connectivity index (χ1n) is 3.64. The number of nitrogens with one attached hydrogen (secondary N) is 1. The maximum Gasteiger partial charge on any atom is 0.248 e. The van der Waals surface area contributed by atoms with Crippen LogP contribution >= 0.6 is 11.8 Å². The van der Waals surface area contributed by atoms with Gasteiger partial charge in [-0.25, -0.2) is 0 Å². The third-order valence-corrected chi connectivity index (χ3v) is 2.89. The molecule has 0 fully saturated rings. The van der Waals surface area contributed by atoms with Gasteiger partial charge in [0.2, 0.25) is 5.56 Å². The van der Waals surface area contributed by atoms with Crippen molar-refractivity contribution in [1.82, 2.24) is 4.98 Å². The van der Waals surface area contributed by atoms with Crippen molar-refractivity contribution in [3.05, 3.63) is 33.7 Å². The average Bonchev–Trinajstić information content (AvgIpc) is 2.04. The molecule has 0 amide bonds. The molecule has 11 heavy (non-hydrogen) atoms. The third kappa shape index (κ3) is 1.33. The molecule has 1 aliphatic heterocycles. The normalized spacial score (nSPS) is 16.0. The number of thioether (sulfide) groups is 1. The molecule has 0 bridgehead atoms. The number of rotatable bonds is 0. The fraction of sp³-hybridized carbons (Fsp3) is 0.375. The van der Waals surface area contributed by atoms with E-state index in [1.807, 2.05) is 18.0 Å². The Morgan fingerprint density at radius 2 is 2.36 bits per heavy atom. The van der Waals surface area contributed by atoms with Crippen molar-refractivity contribution in [3.63, 3.8) is 0 Å². The predicted molar refractivity (Wildman–Crippen MR) is 46.9 cm³/mol. The molecule has 0 aliphatic carbocycles. The molecule has 1 aromatic heterocycles. The predicted octanol–water partition coefficient (Wildman–Crippen LogP) is 1.16. The van der Waals surface area contributed by atoms with Crippen molar-refractivity contribution in [3.8, 4) is 0 Å². The molecule has 2 nitrogen and oxygen atoms in total. The summed E-state index contributed by atoms with van der Waals surface area (Å²) in [5.74, 6) is 2.18. The minimum absolute atomic E-state index is 0.0197. The zero-order chi connectivity index (χ0) is 7.68. The zero-order valence-corrected chi connectivity index (χ0v) is 6.91. The molecule has 2 rings (SSSR count). The molecule has 0 radical (unpaired) electrons. The Labute approximate surface area is 69.0 Å². The van der Waals surface area contributed by atoms with E-state index >= 15 is 0 Å². The molecule has 0 saturated heterocycles. The Kier molecular flexibility index (Phi) is 1.74. The van der Waals surface area contributed by atoms with Gasteiger partial charge in [0, 0.05) is 18.0 Å². The quantitative estimate of drug-likeness (QED) is 0.629.